The van der Waals surface area contributed by atoms with E-state index in [1.54, 1.807) is 29.6 Å². The van der Waals surface area contributed by atoms with E-state index in [1.807, 2.05) is 38.1 Å². The smallest absolute Gasteiger partial charge is 0.409 e. The van der Waals surface area contributed by atoms with Gasteiger partial charge in [0.2, 0.25) is 0 Å². The van der Waals surface area contributed by atoms with Crippen molar-refractivity contribution < 1.29 is 14.3 Å². The van der Waals surface area contributed by atoms with Crippen LogP contribution in [0.3, 0.4) is 0 Å². The molecule has 0 aliphatic heterocycles. The van der Waals surface area contributed by atoms with Crippen LogP contribution in [0.5, 0.6) is 0 Å². The zero-order valence-corrected chi connectivity index (χ0v) is 17.8. The monoisotopic (exact) mass is 415 g/mol. The van der Waals surface area contributed by atoms with Crippen molar-refractivity contribution in [2.45, 2.75) is 33.3 Å². The third-order valence-electron chi connectivity index (χ3n) is 4.19. The van der Waals surface area contributed by atoms with Crippen LogP contribution < -0.4 is 5.32 Å². The summed E-state index contributed by atoms with van der Waals surface area (Å²) in [5.74, 6) is 0.764. The average molecular weight is 416 g/mol. The molecule has 0 fully saturated rings. The molecule has 154 valence electrons. The summed E-state index contributed by atoms with van der Waals surface area (Å²) in [6.45, 7) is 6.47. The van der Waals surface area contributed by atoms with Crippen molar-refractivity contribution in [3.05, 3.63) is 35.3 Å². The number of nitrogens with zero attached hydrogens (tertiary/aromatic N) is 4. The van der Waals surface area contributed by atoms with E-state index < -0.39 is 0 Å². The number of hydrogen-bond donors (Lipinski definition) is 1. The van der Waals surface area contributed by atoms with Crippen molar-refractivity contribution in [2.75, 3.05) is 25.5 Å². The number of carbonyl (C=O) groups is 2. The molecule has 29 heavy (non-hydrogen) atoms. The van der Waals surface area contributed by atoms with Crippen molar-refractivity contribution in [3.63, 3.8) is 0 Å². The van der Waals surface area contributed by atoms with Gasteiger partial charge in [-0.1, -0.05) is 0 Å². The first-order chi connectivity index (χ1) is 13.8. The number of rotatable bonds is 8. The predicted molar refractivity (Wildman–Crippen MR) is 114 cm³/mol. The van der Waals surface area contributed by atoms with Crippen LogP contribution in [-0.4, -0.2) is 57.6 Å². The van der Waals surface area contributed by atoms with Crippen LogP contribution in [0.25, 0.3) is 16.2 Å². The minimum absolute atomic E-state index is 0.0487. The molecule has 0 spiro atoms. The minimum atomic E-state index is -0.316. The fourth-order valence-corrected chi connectivity index (χ4v) is 3.61. The molecule has 1 amide bonds. The first kappa shape index (κ1) is 20.8. The average Bonchev–Trinajstić information content (AvgIpc) is 3.31. The first-order valence-corrected chi connectivity index (χ1v) is 10.3. The van der Waals surface area contributed by atoms with Crippen molar-refractivity contribution in [2.24, 2.45) is 0 Å². The molecule has 0 unspecified atom stereocenters. The van der Waals surface area contributed by atoms with E-state index in [0.717, 1.165) is 22.6 Å². The van der Waals surface area contributed by atoms with Gasteiger partial charge in [-0.15, -0.1) is 16.4 Å². The van der Waals surface area contributed by atoms with E-state index in [0.29, 0.717) is 23.8 Å². The number of aromatic nitrogens is 3. The number of fused-ring (bicyclic) bond motifs is 1. The first-order valence-electron chi connectivity index (χ1n) is 9.46. The molecule has 9 heteroatoms. The van der Waals surface area contributed by atoms with Crippen LogP contribution >= 0.6 is 11.3 Å². The maximum atomic E-state index is 11.8. The molecule has 3 heterocycles. The number of carbonyl (C=O) groups excluding carboxylic acids is 2. The molecular formula is C20H25N5O3S. The number of ether oxygens (including phenoxy) is 1. The zero-order valence-electron chi connectivity index (χ0n) is 17.0. The Morgan fingerprint density at radius 2 is 2.07 bits per heavy atom. The Bertz CT molecular complexity index is 1010. The van der Waals surface area contributed by atoms with Crippen molar-refractivity contribution >= 4 is 34.7 Å². The Balaban J connectivity index is 1.62. The summed E-state index contributed by atoms with van der Waals surface area (Å²) < 4.78 is 6.93. The number of nitrogens with one attached hydrogen (secondary N) is 1. The summed E-state index contributed by atoms with van der Waals surface area (Å²) in [4.78, 5) is 31.0. The Hall–Kier alpha value is -2.94. The van der Waals surface area contributed by atoms with Crippen LogP contribution in [0.15, 0.2) is 30.5 Å². The van der Waals surface area contributed by atoms with Crippen molar-refractivity contribution in [3.8, 4) is 10.6 Å². The molecule has 3 rings (SSSR count). The maximum Gasteiger partial charge on any atom is 0.409 e. The van der Waals surface area contributed by atoms with E-state index in [1.165, 1.54) is 11.3 Å². The summed E-state index contributed by atoms with van der Waals surface area (Å²) >= 11 is 1.43. The van der Waals surface area contributed by atoms with Gasteiger partial charge in [-0.05, 0) is 51.5 Å². The number of hydrogen-bond acceptors (Lipinski definition) is 7. The van der Waals surface area contributed by atoms with Crippen molar-refractivity contribution in [1.82, 2.24) is 19.5 Å². The highest BCUT2D eigenvalue weighted by Crippen LogP contribution is 2.28. The lowest BCUT2D eigenvalue weighted by Crippen LogP contribution is -2.31. The molecule has 8 nitrogen and oxygen atoms in total. The van der Waals surface area contributed by atoms with Gasteiger partial charge in [-0.2, -0.15) is 0 Å². The largest absolute Gasteiger partial charge is 0.447 e. The Kier molecular flexibility index (Phi) is 6.48. The second-order valence-electron chi connectivity index (χ2n) is 6.99. The van der Waals surface area contributed by atoms with Gasteiger partial charge in [0.15, 0.2) is 11.4 Å². The summed E-state index contributed by atoms with van der Waals surface area (Å²) in [6.07, 6.45) is 2.08. The number of Topliss-reactive ketones (excluding diaryl/α,β-unsaturated/α-hetero) is 1. The van der Waals surface area contributed by atoms with Crippen LogP contribution in [0.4, 0.5) is 10.6 Å². The molecule has 0 aliphatic rings. The molecule has 0 radical (unpaired) electrons. The number of imidazole rings is 1. The maximum absolute atomic E-state index is 11.8. The van der Waals surface area contributed by atoms with E-state index in [-0.39, 0.29) is 18.0 Å². The van der Waals surface area contributed by atoms with Gasteiger partial charge >= 0.3 is 6.09 Å². The Labute approximate surface area is 173 Å². The third kappa shape index (κ3) is 5.11. The lowest BCUT2D eigenvalue weighted by molar-refractivity contribution is 0.0840. The highest BCUT2D eigenvalue weighted by Gasteiger charge is 2.13. The molecule has 3 aromatic rings. The molecule has 0 saturated carbocycles. The topological polar surface area (TPSA) is 88.8 Å². The molecule has 0 aromatic carbocycles. The molecule has 3 aromatic heterocycles. The minimum Gasteiger partial charge on any atom is -0.447 e. The van der Waals surface area contributed by atoms with Crippen LogP contribution in [0, 0.1) is 0 Å². The lowest BCUT2D eigenvalue weighted by Gasteiger charge is -2.18. The van der Waals surface area contributed by atoms with Crippen LogP contribution in [0.2, 0.25) is 0 Å². The zero-order chi connectivity index (χ0) is 21.0. The van der Waals surface area contributed by atoms with Gasteiger partial charge in [0, 0.05) is 20.1 Å². The lowest BCUT2D eigenvalue weighted by atomic mass is 10.3. The van der Waals surface area contributed by atoms with E-state index in [2.05, 4.69) is 15.4 Å². The predicted octanol–water partition coefficient (Wildman–Crippen LogP) is 3.94. The number of thiophene rings is 1. The molecule has 1 N–H and O–H groups in total. The van der Waals surface area contributed by atoms with Crippen molar-refractivity contribution in [1.29, 1.82) is 0 Å². The molecule has 0 atom stereocenters. The highest BCUT2D eigenvalue weighted by atomic mass is 32.1. The van der Waals surface area contributed by atoms with Crippen LogP contribution in [0.1, 0.15) is 36.9 Å². The van der Waals surface area contributed by atoms with E-state index in [4.69, 9.17) is 4.74 Å². The Morgan fingerprint density at radius 1 is 1.28 bits per heavy atom. The summed E-state index contributed by atoms with van der Waals surface area (Å²) in [7, 11) is 1.73. The molecule has 0 aliphatic carbocycles. The number of anilines is 1. The number of ketones is 1. The van der Waals surface area contributed by atoms with Gasteiger partial charge < -0.3 is 15.0 Å². The fraction of sp³-hybridized carbons (Fsp3) is 0.400. The number of amides is 1. The van der Waals surface area contributed by atoms with Crippen LogP contribution in [-0.2, 0) is 4.74 Å². The standard InChI is InChI=1S/C20H25N5O3S/c1-13(2)28-20(27)24(4)11-5-10-21-18-8-9-19-22-12-15(25(19)23-18)17-7-6-16(29-17)14(3)26/h6-9,12-13H,5,10-11H2,1-4H3,(H,21,23). The molecule has 0 bridgehead atoms. The second kappa shape index (κ2) is 9.04. The molecule has 0 saturated heterocycles. The van der Waals surface area contributed by atoms with Gasteiger partial charge in [0.05, 0.1) is 22.1 Å². The Morgan fingerprint density at radius 3 is 2.76 bits per heavy atom. The quantitative estimate of drug-likeness (QED) is 0.443. The van der Waals surface area contributed by atoms with Gasteiger partial charge in [0.1, 0.15) is 11.5 Å². The summed E-state index contributed by atoms with van der Waals surface area (Å²) in [5.41, 5.74) is 1.58. The highest BCUT2D eigenvalue weighted by molar-refractivity contribution is 7.17. The van der Waals surface area contributed by atoms with Gasteiger partial charge in [-0.3, -0.25) is 4.79 Å². The van der Waals surface area contributed by atoms with E-state index in [9.17, 15) is 9.59 Å². The summed E-state index contributed by atoms with van der Waals surface area (Å²) in [5, 5.41) is 7.89. The second-order valence-corrected chi connectivity index (χ2v) is 8.07. The normalized spacial score (nSPS) is 11.1. The summed E-state index contributed by atoms with van der Waals surface area (Å²) in [6, 6.07) is 7.51. The third-order valence-corrected chi connectivity index (χ3v) is 5.40. The fourth-order valence-electron chi connectivity index (χ4n) is 2.72. The van der Waals surface area contributed by atoms with Gasteiger partial charge in [-0.25, -0.2) is 14.3 Å². The SMILES string of the molecule is CC(=O)c1ccc(-c2cnc3ccc(NCCCN(C)C(=O)OC(C)C)nn23)s1. The van der Waals surface area contributed by atoms with Gasteiger partial charge in [0.25, 0.3) is 0 Å². The van der Waals surface area contributed by atoms with E-state index >= 15 is 0 Å². The molecular weight excluding hydrogens is 390 g/mol.